The lowest BCUT2D eigenvalue weighted by molar-refractivity contribution is -0.137. The van der Waals surface area contributed by atoms with Crippen molar-refractivity contribution < 1.29 is 36.6 Å². The number of ether oxygens (including phenoxy) is 2. The molecule has 0 fully saturated rings. The Morgan fingerprint density at radius 3 is 2.24 bits per heavy atom. The van der Waals surface area contributed by atoms with Crippen LogP contribution < -0.4 is 20.9 Å². The van der Waals surface area contributed by atoms with Crippen molar-refractivity contribution in [1.29, 1.82) is 0 Å². The molecule has 0 aliphatic rings. The summed E-state index contributed by atoms with van der Waals surface area (Å²) in [5.74, 6) is -0.250. The summed E-state index contributed by atoms with van der Waals surface area (Å²) in [4.78, 5) is 0.638. The summed E-state index contributed by atoms with van der Waals surface area (Å²) >= 11 is 1.30. The molecule has 0 aliphatic heterocycles. The van der Waals surface area contributed by atoms with Crippen molar-refractivity contribution in [3.05, 3.63) is 69.8 Å². The van der Waals surface area contributed by atoms with Crippen molar-refractivity contribution in [2.24, 2.45) is 16.6 Å². The van der Waals surface area contributed by atoms with Gasteiger partial charge in [-0.05, 0) is 43.2 Å². The molecule has 0 saturated heterocycles. The van der Waals surface area contributed by atoms with Gasteiger partial charge < -0.3 is 26.1 Å². The molecule has 2 aromatic carbocycles. The van der Waals surface area contributed by atoms with Gasteiger partial charge in [0.05, 0.1) is 11.1 Å². The molecule has 0 aromatic heterocycles. The van der Waals surface area contributed by atoms with Crippen LogP contribution in [-0.4, -0.2) is 23.8 Å². The predicted molar refractivity (Wildman–Crippen MR) is 120 cm³/mol. The zero-order valence-electron chi connectivity index (χ0n) is 18.3. The molecule has 0 heterocycles. The number of rotatable bonds is 10. The summed E-state index contributed by atoms with van der Waals surface area (Å²) in [7, 11) is 0. The number of nitrogens with zero attached hydrogens (tertiary/aromatic N) is 1. The topological polar surface area (TPSA) is 103 Å². The minimum atomic E-state index is -4.41. The maximum Gasteiger partial charge on any atom is 0.416 e. The van der Waals surface area contributed by atoms with Crippen LogP contribution >= 0.6 is 11.8 Å². The molecule has 1 unspecified atom stereocenters. The minimum absolute atomic E-state index is 0.0503. The minimum Gasteiger partial charge on any atom is -0.485 e. The number of thioether (sulfide) groups is 1. The highest BCUT2D eigenvalue weighted by Gasteiger charge is 2.30. The maximum atomic E-state index is 12.8. The smallest absolute Gasteiger partial charge is 0.416 e. The van der Waals surface area contributed by atoms with E-state index in [1.807, 2.05) is 6.92 Å². The molecule has 186 valence electrons. The largest absolute Gasteiger partial charge is 0.485 e. The molecule has 34 heavy (non-hydrogen) atoms. The first-order valence-corrected chi connectivity index (χ1v) is 10.9. The molecular formula is C22H24F5N3O3S. The summed E-state index contributed by atoms with van der Waals surface area (Å²) in [5, 5.41) is 11.6. The third-order valence-electron chi connectivity index (χ3n) is 4.56. The Balaban J connectivity index is 2.21. The molecule has 2 rings (SSSR count). The number of amidine groups is 1. The molecule has 0 spiro atoms. The Hall–Kier alpha value is -3.15. The van der Waals surface area contributed by atoms with E-state index in [-0.39, 0.29) is 17.1 Å². The average Bonchev–Trinajstić information content (AvgIpc) is 2.77. The molecule has 5 N–H and O–H groups in total. The van der Waals surface area contributed by atoms with Gasteiger partial charge in [-0.25, -0.2) is 0 Å². The monoisotopic (exact) mass is 505 g/mol. The first kappa shape index (κ1) is 27.1. The third-order valence-corrected chi connectivity index (χ3v) is 5.93. The van der Waals surface area contributed by atoms with Crippen molar-refractivity contribution in [3.8, 4) is 11.5 Å². The molecule has 12 heteroatoms. The van der Waals surface area contributed by atoms with Gasteiger partial charge in [0.25, 0.3) is 0 Å². The Labute approximate surface area is 197 Å². The number of alkyl halides is 5. The standard InChI is InChI=1S/C22H24F5N3O3S/c1-3-17(32-15-8-9-16(20(29)30-31)18(10-15)33-21(23)24)19(12(2)28)34-11-13-4-6-14(7-5-13)22(25,26)27/h4-10,17,21,31H,3,11,28H2,1-2H3,(H2,29,30)/b19-12-. The molecule has 1 atom stereocenters. The van der Waals surface area contributed by atoms with E-state index in [1.165, 1.54) is 42.1 Å². The number of allylic oxidation sites excluding steroid dienone is 1. The third kappa shape index (κ3) is 7.44. The van der Waals surface area contributed by atoms with Crippen molar-refractivity contribution in [1.82, 2.24) is 0 Å². The number of nitrogens with two attached hydrogens (primary N) is 2. The number of benzene rings is 2. The molecular weight excluding hydrogens is 481 g/mol. The fourth-order valence-corrected chi connectivity index (χ4v) is 4.08. The SMILES string of the molecule is CCC(Oc1ccc(/C(N)=N/O)c(OC(F)F)c1)/C(SCc1ccc(C(F)(F)F)cc1)=C(\C)N. The molecule has 6 nitrogen and oxygen atoms in total. The normalized spacial score (nSPS) is 14.1. The Bertz CT molecular complexity index is 1020. The van der Waals surface area contributed by atoms with Crippen LogP contribution in [0.3, 0.4) is 0 Å². The van der Waals surface area contributed by atoms with Crippen LogP contribution in [-0.2, 0) is 11.9 Å². The summed E-state index contributed by atoms with van der Waals surface area (Å²) in [5.41, 5.74) is 11.9. The van der Waals surface area contributed by atoms with Gasteiger partial charge in [0.2, 0.25) is 0 Å². The predicted octanol–water partition coefficient (Wildman–Crippen LogP) is 5.68. The van der Waals surface area contributed by atoms with E-state index in [0.29, 0.717) is 28.3 Å². The second-order valence-electron chi connectivity index (χ2n) is 7.07. The van der Waals surface area contributed by atoms with E-state index in [2.05, 4.69) is 9.89 Å². The fourth-order valence-electron chi connectivity index (χ4n) is 2.93. The van der Waals surface area contributed by atoms with Gasteiger partial charge in [-0.3, -0.25) is 0 Å². The Morgan fingerprint density at radius 2 is 1.74 bits per heavy atom. The number of hydrogen-bond donors (Lipinski definition) is 3. The zero-order chi connectivity index (χ0) is 25.5. The first-order chi connectivity index (χ1) is 16.0. The van der Waals surface area contributed by atoms with Crippen molar-refractivity contribution in [2.45, 2.75) is 44.9 Å². The number of halogens is 5. The lowest BCUT2D eigenvalue weighted by Crippen LogP contribution is -2.21. The van der Waals surface area contributed by atoms with Crippen LogP contribution in [0.4, 0.5) is 22.0 Å². The second-order valence-corrected chi connectivity index (χ2v) is 8.08. The van der Waals surface area contributed by atoms with E-state index in [1.54, 1.807) is 6.92 Å². The van der Waals surface area contributed by atoms with Gasteiger partial charge in [-0.1, -0.05) is 24.2 Å². The van der Waals surface area contributed by atoms with Gasteiger partial charge in [-0.2, -0.15) is 22.0 Å². The van der Waals surface area contributed by atoms with Crippen molar-refractivity contribution >= 4 is 17.6 Å². The average molecular weight is 506 g/mol. The van der Waals surface area contributed by atoms with Gasteiger partial charge >= 0.3 is 12.8 Å². The lowest BCUT2D eigenvalue weighted by atomic mass is 10.1. The van der Waals surface area contributed by atoms with Gasteiger partial charge in [0.15, 0.2) is 5.84 Å². The Kier molecular flexibility index (Phi) is 9.42. The van der Waals surface area contributed by atoms with Crippen LogP contribution in [0.1, 0.15) is 37.0 Å². The summed E-state index contributed by atoms with van der Waals surface area (Å²) in [6, 6.07) is 8.74. The molecule has 0 bridgehead atoms. The Morgan fingerprint density at radius 1 is 1.09 bits per heavy atom. The van der Waals surface area contributed by atoms with E-state index >= 15 is 0 Å². The molecule has 0 saturated carbocycles. The highest BCUT2D eigenvalue weighted by molar-refractivity contribution is 8.02. The van der Waals surface area contributed by atoms with Crippen LogP contribution in [0.2, 0.25) is 0 Å². The number of hydrogen-bond acceptors (Lipinski definition) is 6. The molecule has 2 aromatic rings. The zero-order valence-corrected chi connectivity index (χ0v) is 19.1. The summed E-state index contributed by atoms with van der Waals surface area (Å²) < 4.78 is 74.3. The van der Waals surface area contributed by atoms with Crippen LogP contribution in [0.15, 0.2) is 58.2 Å². The lowest BCUT2D eigenvalue weighted by Gasteiger charge is -2.22. The highest BCUT2D eigenvalue weighted by Crippen LogP contribution is 2.34. The summed E-state index contributed by atoms with van der Waals surface area (Å²) in [6.07, 6.45) is -4.53. The van der Waals surface area contributed by atoms with Gasteiger partial charge in [0, 0.05) is 22.4 Å². The van der Waals surface area contributed by atoms with Crippen molar-refractivity contribution in [3.63, 3.8) is 0 Å². The first-order valence-electron chi connectivity index (χ1n) is 9.94. The van der Waals surface area contributed by atoms with Crippen molar-refractivity contribution in [2.75, 3.05) is 0 Å². The highest BCUT2D eigenvalue weighted by atomic mass is 32.2. The van der Waals surface area contributed by atoms with Gasteiger partial charge in [0.1, 0.15) is 17.6 Å². The van der Waals surface area contributed by atoms with E-state index in [0.717, 1.165) is 12.1 Å². The molecule has 0 radical (unpaired) electrons. The maximum absolute atomic E-state index is 12.8. The quantitative estimate of drug-likeness (QED) is 0.126. The van der Waals surface area contributed by atoms with E-state index in [4.69, 9.17) is 21.4 Å². The molecule has 0 aliphatic carbocycles. The van der Waals surface area contributed by atoms with Crippen LogP contribution in [0, 0.1) is 0 Å². The van der Waals surface area contributed by atoms with Crippen LogP contribution in [0.25, 0.3) is 0 Å². The molecule has 0 amide bonds. The van der Waals surface area contributed by atoms with E-state index < -0.39 is 30.3 Å². The van der Waals surface area contributed by atoms with Crippen LogP contribution in [0.5, 0.6) is 11.5 Å². The van der Waals surface area contributed by atoms with E-state index in [9.17, 15) is 22.0 Å². The fraction of sp³-hybridized carbons (Fsp3) is 0.318. The summed E-state index contributed by atoms with van der Waals surface area (Å²) in [6.45, 7) is 0.338. The number of oxime groups is 1. The second kappa shape index (κ2) is 11.8. The van der Waals surface area contributed by atoms with Gasteiger partial charge in [-0.15, -0.1) is 11.8 Å².